The Morgan fingerprint density at radius 2 is 2.10 bits per heavy atom. The van der Waals surface area contributed by atoms with Crippen LogP contribution in [0.4, 0.5) is 5.69 Å². The molecule has 0 spiro atoms. The number of aromatic nitrogens is 1. The average Bonchev–Trinajstić information content (AvgIpc) is 2.85. The normalized spacial score (nSPS) is 10.6. The zero-order valence-electron chi connectivity index (χ0n) is 11.1. The molecule has 0 bridgehead atoms. The molecule has 2 aromatic heterocycles. The molecule has 0 saturated heterocycles. The zero-order valence-corrected chi connectivity index (χ0v) is 12.7. The summed E-state index contributed by atoms with van der Waals surface area (Å²) in [5, 5.41) is 4.13. The Labute approximate surface area is 130 Å². The molecule has 0 atom stereocenters. The number of amides is 1. The van der Waals surface area contributed by atoms with E-state index in [1.165, 1.54) is 18.4 Å². The molecule has 1 N–H and O–H groups in total. The van der Waals surface area contributed by atoms with Crippen LogP contribution in [0.5, 0.6) is 5.88 Å². The minimum absolute atomic E-state index is 0.271. The van der Waals surface area contributed by atoms with Gasteiger partial charge in [0.05, 0.1) is 12.1 Å². The van der Waals surface area contributed by atoms with Crippen molar-refractivity contribution in [1.29, 1.82) is 0 Å². The lowest BCUT2D eigenvalue weighted by Crippen LogP contribution is -2.11. The number of carbonyl (C=O) groups is 1. The lowest BCUT2D eigenvalue weighted by atomic mass is 10.2. The lowest BCUT2D eigenvalue weighted by molar-refractivity contribution is 0.103. The van der Waals surface area contributed by atoms with E-state index in [2.05, 4.69) is 10.3 Å². The molecule has 4 nitrogen and oxygen atoms in total. The fourth-order valence-electron chi connectivity index (χ4n) is 1.99. The molecule has 1 aromatic carbocycles. The highest BCUT2D eigenvalue weighted by Gasteiger charge is 2.18. The van der Waals surface area contributed by atoms with Crippen LogP contribution in [0.15, 0.2) is 42.6 Å². The van der Waals surface area contributed by atoms with Gasteiger partial charge in [-0.05, 0) is 18.2 Å². The Morgan fingerprint density at radius 1 is 1.29 bits per heavy atom. The number of ether oxygens (including phenoxy) is 1. The van der Waals surface area contributed by atoms with Crippen molar-refractivity contribution in [1.82, 2.24) is 4.98 Å². The van der Waals surface area contributed by atoms with Crippen LogP contribution in [0.25, 0.3) is 10.1 Å². The molecule has 1 amide bonds. The van der Waals surface area contributed by atoms with Crippen LogP contribution in [-0.4, -0.2) is 18.0 Å². The Hall–Kier alpha value is -2.11. The maximum atomic E-state index is 12.4. The lowest BCUT2D eigenvalue weighted by Gasteiger charge is -2.07. The van der Waals surface area contributed by atoms with E-state index in [1.54, 1.807) is 18.3 Å². The number of anilines is 1. The SMILES string of the molecule is COc1ncccc1NC(=O)c1sc2ccccc2c1Cl. The highest BCUT2D eigenvalue weighted by atomic mass is 35.5. The molecule has 3 aromatic rings. The van der Waals surface area contributed by atoms with E-state index in [1.807, 2.05) is 24.3 Å². The van der Waals surface area contributed by atoms with Crippen LogP contribution in [0.3, 0.4) is 0 Å². The van der Waals surface area contributed by atoms with E-state index in [-0.39, 0.29) is 5.91 Å². The Balaban J connectivity index is 1.96. The molecule has 6 heteroatoms. The van der Waals surface area contributed by atoms with Crippen LogP contribution in [0.1, 0.15) is 9.67 Å². The first-order valence-electron chi connectivity index (χ1n) is 6.18. The van der Waals surface area contributed by atoms with Crippen molar-refractivity contribution in [3.8, 4) is 5.88 Å². The predicted molar refractivity (Wildman–Crippen MR) is 85.6 cm³/mol. The molecule has 3 rings (SSSR count). The third-order valence-corrected chi connectivity index (χ3v) is 4.63. The molecule has 0 aliphatic carbocycles. The fraction of sp³-hybridized carbons (Fsp3) is 0.0667. The average molecular weight is 319 g/mol. The number of nitrogens with one attached hydrogen (secondary N) is 1. The summed E-state index contributed by atoms with van der Waals surface area (Å²) in [6, 6.07) is 11.1. The highest BCUT2D eigenvalue weighted by molar-refractivity contribution is 7.21. The molecule has 0 fully saturated rings. The van der Waals surface area contributed by atoms with Gasteiger partial charge in [0.15, 0.2) is 0 Å². The summed E-state index contributed by atoms with van der Waals surface area (Å²) < 4.78 is 6.09. The summed E-state index contributed by atoms with van der Waals surface area (Å²) in [7, 11) is 1.50. The Kier molecular flexibility index (Phi) is 3.77. The van der Waals surface area contributed by atoms with Gasteiger partial charge in [-0.15, -0.1) is 11.3 Å². The first-order valence-corrected chi connectivity index (χ1v) is 7.37. The number of pyridine rings is 1. The molecule has 0 unspecified atom stereocenters. The van der Waals surface area contributed by atoms with E-state index in [0.29, 0.717) is 21.5 Å². The third kappa shape index (κ3) is 2.57. The summed E-state index contributed by atoms with van der Waals surface area (Å²) in [5.41, 5.74) is 0.513. The van der Waals surface area contributed by atoms with E-state index >= 15 is 0 Å². The number of carbonyl (C=O) groups excluding carboxylic acids is 1. The van der Waals surface area contributed by atoms with Gasteiger partial charge >= 0.3 is 0 Å². The summed E-state index contributed by atoms with van der Waals surface area (Å²) >= 11 is 7.65. The van der Waals surface area contributed by atoms with Crippen LogP contribution < -0.4 is 10.1 Å². The van der Waals surface area contributed by atoms with Gasteiger partial charge < -0.3 is 10.1 Å². The summed E-state index contributed by atoms with van der Waals surface area (Å²) in [4.78, 5) is 16.9. The largest absolute Gasteiger partial charge is 0.480 e. The molecular formula is C15H11ClN2O2S. The van der Waals surface area contributed by atoms with Crippen LogP contribution in [0.2, 0.25) is 5.02 Å². The monoisotopic (exact) mass is 318 g/mol. The van der Waals surface area contributed by atoms with E-state index in [9.17, 15) is 4.79 Å². The van der Waals surface area contributed by atoms with E-state index in [4.69, 9.17) is 16.3 Å². The Bertz CT molecular complexity index is 816. The van der Waals surface area contributed by atoms with Gasteiger partial charge in [-0.1, -0.05) is 29.8 Å². The fourth-order valence-corrected chi connectivity index (χ4v) is 3.40. The smallest absolute Gasteiger partial charge is 0.267 e. The van der Waals surface area contributed by atoms with Crippen molar-refractivity contribution in [3.05, 3.63) is 52.5 Å². The van der Waals surface area contributed by atoms with Gasteiger partial charge in [0.1, 0.15) is 10.6 Å². The number of hydrogen-bond donors (Lipinski definition) is 1. The van der Waals surface area contributed by atoms with Gasteiger partial charge in [0, 0.05) is 16.3 Å². The minimum Gasteiger partial charge on any atom is -0.480 e. The van der Waals surface area contributed by atoms with Crippen molar-refractivity contribution >= 4 is 44.6 Å². The molecule has 0 saturated carbocycles. The number of methoxy groups -OCH3 is 1. The van der Waals surface area contributed by atoms with Crippen molar-refractivity contribution in [3.63, 3.8) is 0 Å². The number of fused-ring (bicyclic) bond motifs is 1. The maximum Gasteiger partial charge on any atom is 0.267 e. The molecule has 0 radical (unpaired) electrons. The number of halogens is 1. The van der Waals surface area contributed by atoms with Gasteiger partial charge in [-0.3, -0.25) is 4.79 Å². The second-order valence-electron chi connectivity index (χ2n) is 4.26. The molecular weight excluding hydrogens is 308 g/mol. The van der Waals surface area contributed by atoms with Gasteiger partial charge in [-0.2, -0.15) is 0 Å². The highest BCUT2D eigenvalue weighted by Crippen LogP contribution is 2.35. The van der Waals surface area contributed by atoms with E-state index in [0.717, 1.165) is 10.1 Å². The van der Waals surface area contributed by atoms with Crippen LogP contribution >= 0.6 is 22.9 Å². The van der Waals surface area contributed by atoms with E-state index < -0.39 is 0 Å². The molecule has 21 heavy (non-hydrogen) atoms. The predicted octanol–water partition coefficient (Wildman–Crippen LogP) is 4.21. The number of thiophene rings is 1. The van der Waals surface area contributed by atoms with Crippen molar-refractivity contribution in [2.45, 2.75) is 0 Å². The second-order valence-corrected chi connectivity index (χ2v) is 5.69. The standard InChI is InChI=1S/C15H11ClN2O2S/c1-20-15-10(6-4-8-17-15)18-14(19)13-12(16)9-5-2-3-7-11(9)21-13/h2-8H,1H3,(H,18,19). The van der Waals surface area contributed by atoms with Gasteiger partial charge in [0.2, 0.25) is 5.88 Å². The number of rotatable bonds is 3. The van der Waals surface area contributed by atoms with Crippen LogP contribution in [-0.2, 0) is 0 Å². The van der Waals surface area contributed by atoms with Crippen molar-refractivity contribution < 1.29 is 9.53 Å². The third-order valence-electron chi connectivity index (χ3n) is 2.95. The summed E-state index contributed by atoms with van der Waals surface area (Å²) in [6.07, 6.45) is 1.60. The van der Waals surface area contributed by atoms with Crippen molar-refractivity contribution in [2.75, 3.05) is 12.4 Å². The summed E-state index contributed by atoms with van der Waals surface area (Å²) in [6.45, 7) is 0. The summed E-state index contributed by atoms with van der Waals surface area (Å²) in [5.74, 6) is 0.0931. The topological polar surface area (TPSA) is 51.2 Å². The molecule has 0 aliphatic heterocycles. The first kappa shape index (κ1) is 13.9. The van der Waals surface area contributed by atoms with Crippen LogP contribution in [0, 0.1) is 0 Å². The maximum absolute atomic E-state index is 12.4. The minimum atomic E-state index is -0.271. The molecule has 106 valence electrons. The van der Waals surface area contributed by atoms with Gasteiger partial charge in [-0.25, -0.2) is 4.98 Å². The number of nitrogens with zero attached hydrogens (tertiary/aromatic N) is 1. The second kappa shape index (κ2) is 5.71. The first-order chi connectivity index (χ1) is 10.2. The quantitative estimate of drug-likeness (QED) is 0.787. The molecule has 2 heterocycles. The zero-order chi connectivity index (χ0) is 14.8. The molecule has 0 aliphatic rings. The number of benzene rings is 1. The Morgan fingerprint density at radius 3 is 2.86 bits per heavy atom. The number of hydrogen-bond acceptors (Lipinski definition) is 4. The van der Waals surface area contributed by atoms with Crippen molar-refractivity contribution in [2.24, 2.45) is 0 Å². The van der Waals surface area contributed by atoms with Gasteiger partial charge in [0.25, 0.3) is 5.91 Å².